The lowest BCUT2D eigenvalue weighted by atomic mass is 9.82. The van der Waals surface area contributed by atoms with Crippen molar-refractivity contribution in [2.24, 2.45) is 5.73 Å². The molecule has 0 saturated carbocycles. The second-order valence-electron chi connectivity index (χ2n) is 5.43. The molecule has 1 aliphatic rings. The zero-order chi connectivity index (χ0) is 18.4. The highest BCUT2D eigenvalue weighted by Crippen LogP contribution is 2.44. The maximum Gasteiger partial charge on any atom is 0.416 e. The normalized spacial score (nSPS) is 16.8. The minimum absolute atomic E-state index is 0.0211. The Morgan fingerprint density at radius 2 is 1.96 bits per heavy atom. The highest BCUT2D eigenvalue weighted by Gasteiger charge is 2.41. The summed E-state index contributed by atoms with van der Waals surface area (Å²) in [6.07, 6.45) is -4.67. The van der Waals surface area contributed by atoms with Crippen LogP contribution in [0.4, 0.5) is 13.2 Å². The van der Waals surface area contributed by atoms with Crippen LogP contribution in [0.3, 0.4) is 0 Å². The molecule has 0 fully saturated rings. The molecule has 1 aromatic carbocycles. The summed E-state index contributed by atoms with van der Waals surface area (Å²) in [7, 11) is 0. The van der Waals surface area contributed by atoms with Crippen molar-refractivity contribution in [2.45, 2.75) is 19.0 Å². The Bertz CT molecular complexity index is 984. The molecule has 128 valence electrons. The Labute approximate surface area is 139 Å². The molecule has 2 N–H and O–H groups in total. The number of rotatable bonds is 1. The summed E-state index contributed by atoms with van der Waals surface area (Å²) in [5, 5.41) is 9.38. The molecule has 0 saturated heterocycles. The van der Waals surface area contributed by atoms with Crippen molar-refractivity contribution in [2.75, 3.05) is 0 Å². The van der Waals surface area contributed by atoms with E-state index in [2.05, 4.69) is 0 Å². The van der Waals surface area contributed by atoms with Gasteiger partial charge in [-0.05, 0) is 18.6 Å². The van der Waals surface area contributed by atoms with Gasteiger partial charge in [-0.2, -0.15) is 18.4 Å². The molecule has 0 aliphatic carbocycles. The van der Waals surface area contributed by atoms with Crippen molar-refractivity contribution in [3.63, 3.8) is 0 Å². The number of fused-ring (bicyclic) bond motifs is 1. The molecule has 8 heteroatoms. The summed E-state index contributed by atoms with van der Waals surface area (Å²) < 4.78 is 50.5. The Morgan fingerprint density at radius 1 is 1.28 bits per heavy atom. The molecule has 0 amide bonds. The summed E-state index contributed by atoms with van der Waals surface area (Å²) in [5.41, 5.74) is 3.14. The third-order valence-corrected chi connectivity index (χ3v) is 3.83. The van der Waals surface area contributed by atoms with Gasteiger partial charge in [-0.15, -0.1) is 0 Å². The summed E-state index contributed by atoms with van der Waals surface area (Å²) in [5.74, 6) is -1.49. The van der Waals surface area contributed by atoms with E-state index in [0.717, 1.165) is 6.07 Å². The van der Waals surface area contributed by atoms with Crippen molar-refractivity contribution < 1.29 is 22.3 Å². The van der Waals surface area contributed by atoms with Crippen LogP contribution in [0, 0.1) is 18.3 Å². The number of ether oxygens (including phenoxy) is 1. The number of halogens is 3. The van der Waals surface area contributed by atoms with Crippen LogP contribution in [0.25, 0.3) is 0 Å². The molecule has 1 aliphatic heterocycles. The lowest BCUT2D eigenvalue weighted by Crippen LogP contribution is -2.27. The van der Waals surface area contributed by atoms with Crippen LogP contribution in [0.1, 0.15) is 28.4 Å². The van der Waals surface area contributed by atoms with Gasteiger partial charge in [0.05, 0.1) is 17.0 Å². The fraction of sp³-hybridized carbons (Fsp3) is 0.176. The molecule has 0 radical (unpaired) electrons. The number of nitrogens with zero attached hydrogens (tertiary/aromatic N) is 1. The first-order valence-electron chi connectivity index (χ1n) is 7.12. The minimum atomic E-state index is -4.67. The van der Waals surface area contributed by atoms with Crippen molar-refractivity contribution >= 4 is 0 Å². The fourth-order valence-corrected chi connectivity index (χ4v) is 2.84. The van der Waals surface area contributed by atoms with Crippen LogP contribution in [0.5, 0.6) is 5.75 Å². The average molecular weight is 348 g/mol. The molecule has 1 atom stereocenters. The summed E-state index contributed by atoms with van der Waals surface area (Å²) in [6, 6.07) is 7.79. The fourth-order valence-electron chi connectivity index (χ4n) is 2.84. The lowest BCUT2D eigenvalue weighted by Gasteiger charge is -2.27. The first kappa shape index (κ1) is 16.6. The van der Waals surface area contributed by atoms with E-state index in [-0.39, 0.29) is 34.1 Å². The maximum absolute atomic E-state index is 13.4. The zero-order valence-electron chi connectivity index (χ0n) is 12.8. The van der Waals surface area contributed by atoms with Gasteiger partial charge in [0.2, 0.25) is 5.88 Å². The van der Waals surface area contributed by atoms with Crippen LogP contribution in [0.2, 0.25) is 0 Å². The van der Waals surface area contributed by atoms with Crippen LogP contribution in [-0.4, -0.2) is 0 Å². The number of hydrogen-bond donors (Lipinski definition) is 1. The monoisotopic (exact) mass is 348 g/mol. The van der Waals surface area contributed by atoms with Crippen LogP contribution >= 0.6 is 0 Å². The van der Waals surface area contributed by atoms with Crippen molar-refractivity contribution in [3.05, 3.63) is 74.7 Å². The Balaban J connectivity index is 2.37. The van der Waals surface area contributed by atoms with Crippen molar-refractivity contribution in [1.29, 1.82) is 5.26 Å². The van der Waals surface area contributed by atoms with E-state index in [1.807, 2.05) is 0 Å². The molecular weight excluding hydrogens is 337 g/mol. The number of allylic oxidation sites excluding steroid dienone is 1. The van der Waals surface area contributed by atoms with Gasteiger partial charge in [0.25, 0.3) is 0 Å². The summed E-state index contributed by atoms with van der Waals surface area (Å²) in [6.45, 7) is 1.49. The maximum atomic E-state index is 13.4. The van der Waals surface area contributed by atoms with E-state index in [9.17, 15) is 23.2 Å². The van der Waals surface area contributed by atoms with E-state index >= 15 is 0 Å². The van der Waals surface area contributed by atoms with Gasteiger partial charge in [0.1, 0.15) is 23.2 Å². The second-order valence-corrected chi connectivity index (χ2v) is 5.43. The molecule has 2 heterocycles. The lowest BCUT2D eigenvalue weighted by molar-refractivity contribution is -0.138. The van der Waals surface area contributed by atoms with Gasteiger partial charge in [0.15, 0.2) is 0 Å². The van der Waals surface area contributed by atoms with E-state index in [1.54, 1.807) is 6.07 Å². The molecule has 1 aromatic heterocycles. The van der Waals surface area contributed by atoms with Gasteiger partial charge in [-0.1, -0.05) is 18.2 Å². The van der Waals surface area contributed by atoms with Gasteiger partial charge >= 0.3 is 11.8 Å². The first-order valence-corrected chi connectivity index (χ1v) is 7.12. The highest BCUT2D eigenvalue weighted by atomic mass is 19.4. The molecule has 5 nitrogen and oxygen atoms in total. The Hall–Kier alpha value is -3.21. The van der Waals surface area contributed by atoms with Gasteiger partial charge in [-0.3, -0.25) is 0 Å². The topological polar surface area (TPSA) is 89.2 Å². The van der Waals surface area contributed by atoms with Gasteiger partial charge in [0, 0.05) is 6.07 Å². The molecule has 0 bridgehead atoms. The third-order valence-electron chi connectivity index (χ3n) is 3.83. The number of hydrogen-bond acceptors (Lipinski definition) is 5. The van der Waals surface area contributed by atoms with E-state index < -0.39 is 23.3 Å². The molecular formula is C17H11F3N2O3. The van der Waals surface area contributed by atoms with E-state index in [4.69, 9.17) is 14.9 Å². The van der Waals surface area contributed by atoms with E-state index in [1.165, 1.54) is 31.2 Å². The molecule has 2 aromatic rings. The predicted octanol–water partition coefficient (Wildman–Crippen LogP) is 3.19. The number of nitrogens with two attached hydrogens (primary N) is 1. The summed E-state index contributed by atoms with van der Waals surface area (Å²) >= 11 is 0. The third kappa shape index (κ3) is 2.74. The Kier molecular flexibility index (Phi) is 3.80. The SMILES string of the molecule is Cc1cc2c(c(=O)o1)[C@H](c1ccccc1C(F)(F)F)C(C#N)=C(N)O2. The van der Waals surface area contributed by atoms with Gasteiger partial charge in [-0.25, -0.2) is 4.79 Å². The zero-order valence-corrected chi connectivity index (χ0v) is 12.8. The van der Waals surface area contributed by atoms with Crippen molar-refractivity contribution in [1.82, 2.24) is 0 Å². The second kappa shape index (κ2) is 5.70. The van der Waals surface area contributed by atoms with Crippen LogP contribution < -0.4 is 16.1 Å². The van der Waals surface area contributed by atoms with Gasteiger partial charge < -0.3 is 14.9 Å². The average Bonchev–Trinajstić information content (AvgIpc) is 2.52. The highest BCUT2D eigenvalue weighted by molar-refractivity contribution is 5.56. The number of aryl methyl sites for hydroxylation is 1. The predicted molar refractivity (Wildman–Crippen MR) is 80.5 cm³/mol. The minimum Gasteiger partial charge on any atom is -0.440 e. The number of benzene rings is 1. The smallest absolute Gasteiger partial charge is 0.416 e. The molecule has 0 spiro atoms. The number of alkyl halides is 3. The van der Waals surface area contributed by atoms with Crippen LogP contribution in [0.15, 0.2) is 51.0 Å². The largest absolute Gasteiger partial charge is 0.440 e. The standard InChI is InChI=1S/C17H11F3N2O3/c1-8-6-12-14(16(23)24-8)13(10(7-21)15(22)25-12)9-4-2-3-5-11(9)17(18,19)20/h2-6,13H,22H2,1H3/t13-/m1/s1. The molecule has 0 unspecified atom stereocenters. The Morgan fingerprint density at radius 3 is 2.60 bits per heavy atom. The van der Waals surface area contributed by atoms with E-state index in [0.29, 0.717) is 0 Å². The molecule has 3 rings (SSSR count). The quantitative estimate of drug-likeness (QED) is 0.855. The summed E-state index contributed by atoms with van der Waals surface area (Å²) in [4.78, 5) is 12.3. The molecule has 25 heavy (non-hydrogen) atoms. The van der Waals surface area contributed by atoms with Crippen LogP contribution in [-0.2, 0) is 6.18 Å². The first-order chi connectivity index (χ1) is 11.7. The number of nitriles is 1. The van der Waals surface area contributed by atoms with Crippen molar-refractivity contribution in [3.8, 4) is 11.8 Å².